The molecule has 0 saturated carbocycles. The van der Waals surface area contributed by atoms with Gasteiger partial charge in [0, 0.05) is 24.5 Å². The van der Waals surface area contributed by atoms with Crippen LogP contribution in [0.1, 0.15) is 41.6 Å². The Bertz CT molecular complexity index is 605. The van der Waals surface area contributed by atoms with Gasteiger partial charge in [0.2, 0.25) is 5.91 Å². The molecule has 0 aliphatic carbocycles. The van der Waals surface area contributed by atoms with Crippen LogP contribution >= 0.6 is 11.8 Å². The second kappa shape index (κ2) is 6.93. The highest BCUT2D eigenvalue weighted by Gasteiger charge is 2.48. The van der Waals surface area contributed by atoms with E-state index in [2.05, 4.69) is 5.32 Å². The zero-order chi connectivity index (χ0) is 16.4. The van der Waals surface area contributed by atoms with Crippen molar-refractivity contribution in [1.82, 2.24) is 10.2 Å². The van der Waals surface area contributed by atoms with Crippen LogP contribution in [0.5, 0.6) is 0 Å². The van der Waals surface area contributed by atoms with E-state index in [1.54, 1.807) is 16.7 Å². The first-order chi connectivity index (χ1) is 11.1. The third kappa shape index (κ3) is 3.23. The standard InChI is InChI=1S/C17H22N2O3S/c1-11(2)22-9-5-8-18-15(20)14-10-23-17-13-7-4-3-6-12(13)16(21)19(14)17/h3-4,6-7,11,14,17H,5,8-10H2,1-2H3,(H,18,20). The van der Waals surface area contributed by atoms with Crippen molar-refractivity contribution in [1.29, 1.82) is 0 Å². The number of nitrogens with one attached hydrogen (secondary N) is 1. The third-order valence-corrected chi connectivity index (χ3v) is 5.37. The Kier molecular flexibility index (Phi) is 4.92. The Balaban J connectivity index is 1.56. The number of amides is 2. The van der Waals surface area contributed by atoms with Crippen molar-refractivity contribution in [3.63, 3.8) is 0 Å². The van der Waals surface area contributed by atoms with E-state index in [1.165, 1.54) is 0 Å². The lowest BCUT2D eigenvalue weighted by atomic mass is 10.1. The van der Waals surface area contributed by atoms with Gasteiger partial charge in [-0.15, -0.1) is 11.8 Å². The summed E-state index contributed by atoms with van der Waals surface area (Å²) in [6.07, 6.45) is 0.986. The van der Waals surface area contributed by atoms with Gasteiger partial charge in [-0.1, -0.05) is 18.2 Å². The Morgan fingerprint density at radius 2 is 2.22 bits per heavy atom. The van der Waals surface area contributed by atoms with E-state index >= 15 is 0 Å². The van der Waals surface area contributed by atoms with Crippen LogP contribution in [0.25, 0.3) is 0 Å². The average Bonchev–Trinajstić information content (AvgIpc) is 3.08. The van der Waals surface area contributed by atoms with Crippen LogP contribution in [0.15, 0.2) is 24.3 Å². The summed E-state index contributed by atoms with van der Waals surface area (Å²) in [7, 11) is 0. The van der Waals surface area contributed by atoms with E-state index < -0.39 is 0 Å². The largest absolute Gasteiger partial charge is 0.379 e. The molecule has 0 radical (unpaired) electrons. The van der Waals surface area contributed by atoms with Gasteiger partial charge in [-0.3, -0.25) is 9.59 Å². The molecular formula is C17H22N2O3S. The fourth-order valence-corrected chi connectivity index (χ4v) is 4.43. The fourth-order valence-electron chi connectivity index (χ4n) is 2.96. The van der Waals surface area contributed by atoms with Crippen molar-refractivity contribution < 1.29 is 14.3 Å². The Labute approximate surface area is 140 Å². The molecule has 2 unspecified atom stereocenters. The Morgan fingerprint density at radius 3 is 3.00 bits per heavy atom. The molecule has 124 valence electrons. The predicted molar refractivity (Wildman–Crippen MR) is 90.3 cm³/mol. The van der Waals surface area contributed by atoms with Crippen LogP contribution in [0.3, 0.4) is 0 Å². The van der Waals surface area contributed by atoms with Crippen LogP contribution in [0.2, 0.25) is 0 Å². The summed E-state index contributed by atoms with van der Waals surface area (Å²) in [4.78, 5) is 26.7. The van der Waals surface area contributed by atoms with Gasteiger partial charge in [-0.2, -0.15) is 0 Å². The summed E-state index contributed by atoms with van der Waals surface area (Å²) in [6.45, 7) is 5.19. The van der Waals surface area contributed by atoms with Crippen LogP contribution in [0, 0.1) is 0 Å². The van der Waals surface area contributed by atoms with E-state index in [-0.39, 0.29) is 29.3 Å². The minimum absolute atomic E-state index is 0.0151. The topological polar surface area (TPSA) is 58.6 Å². The first kappa shape index (κ1) is 16.3. The number of ether oxygens (including phenoxy) is 1. The molecule has 1 N–H and O–H groups in total. The smallest absolute Gasteiger partial charge is 0.256 e. The second-order valence-electron chi connectivity index (χ2n) is 6.07. The summed E-state index contributed by atoms with van der Waals surface area (Å²) < 4.78 is 5.46. The Morgan fingerprint density at radius 1 is 1.43 bits per heavy atom. The molecule has 0 aromatic heterocycles. The van der Waals surface area contributed by atoms with Crippen molar-refractivity contribution in [2.45, 2.75) is 37.8 Å². The number of carbonyl (C=O) groups is 2. The molecule has 0 spiro atoms. The van der Waals surface area contributed by atoms with Crippen molar-refractivity contribution in [3.8, 4) is 0 Å². The van der Waals surface area contributed by atoms with Gasteiger partial charge in [-0.05, 0) is 31.9 Å². The first-order valence-electron chi connectivity index (χ1n) is 8.02. The van der Waals surface area contributed by atoms with E-state index in [1.807, 2.05) is 38.1 Å². The molecule has 1 saturated heterocycles. The maximum atomic E-state index is 12.6. The second-order valence-corrected chi connectivity index (χ2v) is 7.18. The molecule has 2 atom stereocenters. The highest BCUT2D eigenvalue weighted by atomic mass is 32.2. The molecular weight excluding hydrogens is 312 g/mol. The minimum atomic E-state index is -0.379. The molecule has 2 aliphatic rings. The maximum absolute atomic E-state index is 12.6. The summed E-state index contributed by atoms with van der Waals surface area (Å²) >= 11 is 1.66. The van der Waals surface area contributed by atoms with Crippen LogP contribution in [0.4, 0.5) is 0 Å². The van der Waals surface area contributed by atoms with Gasteiger partial charge in [-0.25, -0.2) is 0 Å². The van der Waals surface area contributed by atoms with Gasteiger partial charge >= 0.3 is 0 Å². The minimum Gasteiger partial charge on any atom is -0.379 e. The highest BCUT2D eigenvalue weighted by Crippen LogP contribution is 2.47. The number of rotatable bonds is 6. The predicted octanol–water partition coefficient (Wildman–Crippen LogP) is 2.19. The number of hydrogen-bond donors (Lipinski definition) is 1. The number of nitrogens with zero attached hydrogens (tertiary/aromatic N) is 1. The van der Waals surface area contributed by atoms with Gasteiger partial charge in [0.25, 0.3) is 5.91 Å². The summed E-state index contributed by atoms with van der Waals surface area (Å²) in [5, 5.41) is 2.92. The molecule has 2 heterocycles. The first-order valence-corrected chi connectivity index (χ1v) is 9.07. The van der Waals surface area contributed by atoms with Crippen molar-refractivity contribution >= 4 is 23.6 Å². The summed E-state index contributed by atoms with van der Waals surface area (Å²) in [5.74, 6) is 0.559. The van der Waals surface area contributed by atoms with Gasteiger partial charge in [0.05, 0.1) is 6.10 Å². The van der Waals surface area contributed by atoms with Crippen LogP contribution in [-0.2, 0) is 9.53 Å². The number of carbonyl (C=O) groups excluding carboxylic acids is 2. The Hall–Kier alpha value is -1.53. The van der Waals surface area contributed by atoms with E-state index in [9.17, 15) is 9.59 Å². The van der Waals surface area contributed by atoms with Crippen LogP contribution in [-0.4, -0.2) is 47.8 Å². The van der Waals surface area contributed by atoms with Gasteiger partial charge in [0.1, 0.15) is 11.4 Å². The fraction of sp³-hybridized carbons (Fsp3) is 0.529. The van der Waals surface area contributed by atoms with Gasteiger partial charge < -0.3 is 15.0 Å². The zero-order valence-electron chi connectivity index (χ0n) is 13.5. The third-order valence-electron chi connectivity index (χ3n) is 4.07. The number of thioether (sulfide) groups is 1. The molecule has 1 fully saturated rings. The summed E-state index contributed by atoms with van der Waals surface area (Å²) in [5.41, 5.74) is 1.76. The lowest BCUT2D eigenvalue weighted by Crippen LogP contribution is -2.46. The zero-order valence-corrected chi connectivity index (χ0v) is 14.3. The summed E-state index contributed by atoms with van der Waals surface area (Å²) in [6, 6.07) is 7.26. The van der Waals surface area contributed by atoms with Gasteiger partial charge in [0.15, 0.2) is 0 Å². The molecule has 6 heteroatoms. The molecule has 3 rings (SSSR count). The number of benzene rings is 1. The van der Waals surface area contributed by atoms with E-state index in [0.29, 0.717) is 18.9 Å². The molecule has 0 bridgehead atoms. The number of fused-ring (bicyclic) bond motifs is 3. The quantitative estimate of drug-likeness (QED) is 0.810. The van der Waals surface area contributed by atoms with E-state index in [4.69, 9.17) is 4.74 Å². The SMILES string of the molecule is CC(C)OCCCNC(=O)C1CSC2c3ccccc3C(=O)N12. The molecule has 2 aliphatic heterocycles. The molecule has 2 amide bonds. The van der Waals surface area contributed by atoms with Crippen molar-refractivity contribution in [2.75, 3.05) is 18.9 Å². The van der Waals surface area contributed by atoms with Crippen LogP contribution < -0.4 is 5.32 Å². The normalized spacial score (nSPS) is 22.4. The molecule has 5 nitrogen and oxygen atoms in total. The average molecular weight is 334 g/mol. The van der Waals surface area contributed by atoms with Crippen molar-refractivity contribution in [3.05, 3.63) is 35.4 Å². The highest BCUT2D eigenvalue weighted by molar-refractivity contribution is 7.99. The molecule has 23 heavy (non-hydrogen) atoms. The van der Waals surface area contributed by atoms with Crippen molar-refractivity contribution in [2.24, 2.45) is 0 Å². The molecule has 1 aromatic carbocycles. The number of hydrogen-bond acceptors (Lipinski definition) is 4. The lowest BCUT2D eigenvalue weighted by molar-refractivity contribution is -0.124. The maximum Gasteiger partial charge on any atom is 0.256 e. The lowest BCUT2D eigenvalue weighted by Gasteiger charge is -2.22. The monoisotopic (exact) mass is 334 g/mol. The van der Waals surface area contributed by atoms with E-state index in [0.717, 1.165) is 17.5 Å². The molecule has 1 aromatic rings.